The SMILES string of the molecule is CC(C)Cn1c(SCC(=O)Nc2ccc(S(=O)(=O)N(C)C)cc2)nnc1-c1ccccc1F. The molecule has 0 saturated heterocycles. The van der Waals surface area contributed by atoms with E-state index in [1.165, 1.54) is 56.2 Å². The van der Waals surface area contributed by atoms with Crippen LogP contribution in [0.3, 0.4) is 0 Å². The van der Waals surface area contributed by atoms with E-state index >= 15 is 0 Å². The summed E-state index contributed by atoms with van der Waals surface area (Å²) in [5, 5.41) is 11.6. The molecule has 0 aliphatic rings. The highest BCUT2D eigenvalue weighted by molar-refractivity contribution is 7.99. The van der Waals surface area contributed by atoms with E-state index in [-0.39, 0.29) is 28.3 Å². The Morgan fingerprint density at radius 3 is 2.39 bits per heavy atom. The van der Waals surface area contributed by atoms with Gasteiger partial charge in [0.15, 0.2) is 11.0 Å². The van der Waals surface area contributed by atoms with E-state index < -0.39 is 10.0 Å². The second kappa shape index (κ2) is 10.4. The minimum Gasteiger partial charge on any atom is -0.325 e. The maximum Gasteiger partial charge on any atom is 0.242 e. The number of carbonyl (C=O) groups is 1. The van der Waals surface area contributed by atoms with Crippen LogP contribution in [0.1, 0.15) is 13.8 Å². The third kappa shape index (κ3) is 5.98. The van der Waals surface area contributed by atoms with Crippen LogP contribution in [0.25, 0.3) is 11.4 Å². The summed E-state index contributed by atoms with van der Waals surface area (Å²) < 4.78 is 41.6. The van der Waals surface area contributed by atoms with Gasteiger partial charge >= 0.3 is 0 Å². The van der Waals surface area contributed by atoms with Crippen molar-refractivity contribution >= 4 is 33.4 Å². The van der Waals surface area contributed by atoms with E-state index in [0.717, 1.165) is 4.31 Å². The standard InChI is InChI=1S/C22H26FN5O3S2/c1-15(2)13-28-21(18-7-5-6-8-19(18)23)25-26-22(28)32-14-20(29)24-16-9-11-17(12-10-16)33(30,31)27(3)4/h5-12,15H,13-14H2,1-4H3,(H,24,29). The molecule has 0 aliphatic carbocycles. The van der Waals surface area contributed by atoms with Gasteiger partial charge < -0.3 is 9.88 Å². The van der Waals surface area contributed by atoms with Crippen molar-refractivity contribution in [3.63, 3.8) is 0 Å². The summed E-state index contributed by atoms with van der Waals surface area (Å²) in [6.45, 7) is 4.64. The molecule has 33 heavy (non-hydrogen) atoms. The molecule has 3 aromatic rings. The Kier molecular flexibility index (Phi) is 7.88. The number of carbonyl (C=O) groups excluding carboxylic acids is 1. The summed E-state index contributed by atoms with van der Waals surface area (Å²) in [6.07, 6.45) is 0. The number of hydrogen-bond acceptors (Lipinski definition) is 6. The lowest BCUT2D eigenvalue weighted by Crippen LogP contribution is -2.22. The molecule has 0 radical (unpaired) electrons. The molecule has 1 N–H and O–H groups in total. The molecule has 0 unspecified atom stereocenters. The first-order valence-electron chi connectivity index (χ1n) is 10.2. The Bertz CT molecular complexity index is 1230. The topological polar surface area (TPSA) is 97.2 Å². The summed E-state index contributed by atoms with van der Waals surface area (Å²) in [7, 11) is -0.623. The predicted molar refractivity (Wildman–Crippen MR) is 127 cm³/mol. The maximum atomic E-state index is 14.3. The highest BCUT2D eigenvalue weighted by Gasteiger charge is 2.19. The van der Waals surface area contributed by atoms with Crippen molar-refractivity contribution < 1.29 is 17.6 Å². The van der Waals surface area contributed by atoms with Gasteiger partial charge in [-0.2, -0.15) is 0 Å². The highest BCUT2D eigenvalue weighted by atomic mass is 32.2. The zero-order valence-electron chi connectivity index (χ0n) is 18.8. The second-order valence-corrected chi connectivity index (χ2v) is 11.0. The Hall–Kier alpha value is -2.76. The summed E-state index contributed by atoms with van der Waals surface area (Å²) >= 11 is 1.20. The largest absolute Gasteiger partial charge is 0.325 e. The van der Waals surface area contributed by atoms with Gasteiger partial charge in [-0.05, 0) is 42.3 Å². The van der Waals surface area contributed by atoms with Gasteiger partial charge in [0.05, 0.1) is 16.2 Å². The van der Waals surface area contributed by atoms with Crippen LogP contribution in [0.15, 0.2) is 58.6 Å². The molecule has 0 fully saturated rings. The van der Waals surface area contributed by atoms with E-state index in [1.54, 1.807) is 18.2 Å². The maximum absolute atomic E-state index is 14.3. The lowest BCUT2D eigenvalue weighted by molar-refractivity contribution is -0.113. The molecule has 2 aromatic carbocycles. The van der Waals surface area contributed by atoms with Crippen LogP contribution in [0.4, 0.5) is 10.1 Å². The Morgan fingerprint density at radius 2 is 1.79 bits per heavy atom. The first-order chi connectivity index (χ1) is 15.6. The average Bonchev–Trinajstić information content (AvgIpc) is 3.14. The molecule has 1 heterocycles. The average molecular weight is 492 g/mol. The fourth-order valence-corrected chi connectivity index (χ4v) is 4.66. The molecule has 0 saturated carbocycles. The summed E-state index contributed by atoms with van der Waals surface area (Å²) in [5.41, 5.74) is 0.837. The lowest BCUT2D eigenvalue weighted by atomic mass is 10.2. The van der Waals surface area contributed by atoms with Crippen molar-refractivity contribution in [3.8, 4) is 11.4 Å². The fourth-order valence-electron chi connectivity index (χ4n) is 3.02. The Morgan fingerprint density at radius 1 is 1.12 bits per heavy atom. The van der Waals surface area contributed by atoms with Crippen LogP contribution in [0.5, 0.6) is 0 Å². The number of anilines is 1. The zero-order chi connectivity index (χ0) is 24.2. The van der Waals surface area contributed by atoms with Gasteiger partial charge in [0, 0.05) is 26.3 Å². The first-order valence-corrected chi connectivity index (χ1v) is 12.7. The number of halogens is 1. The van der Waals surface area contributed by atoms with E-state index in [2.05, 4.69) is 15.5 Å². The van der Waals surface area contributed by atoms with Gasteiger partial charge in [-0.1, -0.05) is 37.7 Å². The van der Waals surface area contributed by atoms with Gasteiger partial charge in [-0.15, -0.1) is 10.2 Å². The van der Waals surface area contributed by atoms with Crippen molar-refractivity contribution in [1.82, 2.24) is 19.1 Å². The zero-order valence-corrected chi connectivity index (χ0v) is 20.5. The number of rotatable bonds is 9. The van der Waals surface area contributed by atoms with Crippen LogP contribution < -0.4 is 5.32 Å². The third-order valence-electron chi connectivity index (χ3n) is 4.63. The molecule has 1 aromatic heterocycles. The number of aromatic nitrogens is 3. The van der Waals surface area contributed by atoms with Crippen LogP contribution >= 0.6 is 11.8 Å². The van der Waals surface area contributed by atoms with Crippen LogP contribution in [0, 0.1) is 11.7 Å². The summed E-state index contributed by atoms with van der Waals surface area (Å²) in [6, 6.07) is 12.3. The number of nitrogens with zero attached hydrogens (tertiary/aromatic N) is 4. The van der Waals surface area contributed by atoms with Crippen LogP contribution in [-0.2, 0) is 21.4 Å². The van der Waals surface area contributed by atoms with E-state index in [1.807, 2.05) is 18.4 Å². The van der Waals surface area contributed by atoms with Crippen LogP contribution in [0.2, 0.25) is 0 Å². The minimum atomic E-state index is -3.54. The first kappa shape index (κ1) is 24.9. The molecular formula is C22H26FN5O3S2. The molecule has 0 atom stereocenters. The minimum absolute atomic E-state index is 0.0608. The molecule has 11 heteroatoms. The smallest absolute Gasteiger partial charge is 0.242 e. The Labute approximate surface area is 197 Å². The fraction of sp³-hybridized carbons (Fsp3) is 0.318. The molecule has 8 nitrogen and oxygen atoms in total. The van der Waals surface area contributed by atoms with Crippen molar-refractivity contribution in [2.45, 2.75) is 30.4 Å². The highest BCUT2D eigenvalue weighted by Crippen LogP contribution is 2.27. The number of hydrogen-bond donors (Lipinski definition) is 1. The molecule has 176 valence electrons. The number of sulfonamides is 1. The molecule has 0 aliphatic heterocycles. The van der Waals surface area contributed by atoms with Crippen molar-refractivity contribution in [3.05, 3.63) is 54.3 Å². The lowest BCUT2D eigenvalue weighted by Gasteiger charge is -2.13. The molecule has 0 spiro atoms. The third-order valence-corrected chi connectivity index (χ3v) is 7.42. The molecule has 0 bridgehead atoms. The normalized spacial score (nSPS) is 11.8. The van der Waals surface area contributed by atoms with E-state index in [9.17, 15) is 17.6 Å². The molecule has 3 rings (SSSR count). The Balaban J connectivity index is 1.71. The number of benzene rings is 2. The van der Waals surface area contributed by atoms with E-state index in [0.29, 0.717) is 28.8 Å². The van der Waals surface area contributed by atoms with Gasteiger partial charge in [0.1, 0.15) is 5.82 Å². The summed E-state index contributed by atoms with van der Waals surface area (Å²) in [4.78, 5) is 12.6. The number of thioether (sulfide) groups is 1. The van der Waals surface area contributed by atoms with Gasteiger partial charge in [-0.3, -0.25) is 4.79 Å². The van der Waals surface area contributed by atoms with Crippen molar-refractivity contribution in [2.75, 3.05) is 25.2 Å². The van der Waals surface area contributed by atoms with Gasteiger partial charge in [0.2, 0.25) is 15.9 Å². The van der Waals surface area contributed by atoms with Crippen LogP contribution in [-0.4, -0.2) is 53.2 Å². The number of amides is 1. The molecular weight excluding hydrogens is 465 g/mol. The number of nitrogens with one attached hydrogen (secondary N) is 1. The second-order valence-electron chi connectivity index (χ2n) is 7.94. The van der Waals surface area contributed by atoms with Gasteiger partial charge in [0.25, 0.3) is 0 Å². The predicted octanol–water partition coefficient (Wildman–Crippen LogP) is 3.72. The monoisotopic (exact) mass is 491 g/mol. The van der Waals surface area contributed by atoms with Crippen molar-refractivity contribution in [1.29, 1.82) is 0 Å². The quantitative estimate of drug-likeness (QED) is 0.458. The van der Waals surface area contributed by atoms with E-state index in [4.69, 9.17) is 0 Å². The van der Waals surface area contributed by atoms with Gasteiger partial charge in [-0.25, -0.2) is 17.1 Å². The molecule has 1 amide bonds. The van der Waals surface area contributed by atoms with Crippen molar-refractivity contribution in [2.24, 2.45) is 5.92 Å². The summed E-state index contributed by atoms with van der Waals surface area (Å²) in [5.74, 6) is 0.0726.